The van der Waals surface area contributed by atoms with Gasteiger partial charge in [-0.1, -0.05) is 38.1 Å². The van der Waals surface area contributed by atoms with Crippen molar-refractivity contribution in [2.75, 3.05) is 5.32 Å². The van der Waals surface area contributed by atoms with E-state index in [2.05, 4.69) is 46.8 Å². The van der Waals surface area contributed by atoms with Gasteiger partial charge in [-0.05, 0) is 41.3 Å². The predicted molar refractivity (Wildman–Crippen MR) is 137 cm³/mol. The van der Waals surface area contributed by atoms with Gasteiger partial charge in [-0.2, -0.15) is 10.2 Å². The fourth-order valence-electron chi connectivity index (χ4n) is 3.74. The van der Waals surface area contributed by atoms with Crippen LogP contribution in [-0.4, -0.2) is 31.4 Å². The lowest BCUT2D eigenvalue weighted by atomic mass is 10.0. The smallest absolute Gasteiger partial charge is 0.271 e. The minimum absolute atomic E-state index is 0.261. The monoisotopic (exact) mass is 486 g/mol. The van der Waals surface area contributed by atoms with Gasteiger partial charge in [-0.25, -0.2) is 0 Å². The van der Waals surface area contributed by atoms with Gasteiger partial charge in [-0.15, -0.1) is 0 Å². The number of anilines is 1. The van der Waals surface area contributed by atoms with E-state index >= 15 is 0 Å². The van der Waals surface area contributed by atoms with Crippen molar-refractivity contribution >= 4 is 17.5 Å². The number of hydrogen-bond acceptors (Lipinski definition) is 5. The van der Waals surface area contributed by atoms with Gasteiger partial charge in [0, 0.05) is 38.0 Å². The van der Waals surface area contributed by atoms with Crippen LogP contribution in [0.5, 0.6) is 5.75 Å². The number of carbonyl (C=O) groups is 2. The van der Waals surface area contributed by atoms with Gasteiger partial charge in [0.2, 0.25) is 0 Å². The average molecular weight is 487 g/mol. The number of aryl methyl sites for hydroxylation is 2. The Balaban J connectivity index is 1.39. The molecule has 0 spiro atoms. The first-order chi connectivity index (χ1) is 17.3. The molecule has 0 saturated heterocycles. The number of hydrogen-bond donors (Lipinski definition) is 2. The van der Waals surface area contributed by atoms with Crippen LogP contribution in [-0.2, 0) is 27.2 Å². The quantitative estimate of drug-likeness (QED) is 0.372. The molecule has 0 aliphatic heterocycles. The minimum atomic E-state index is -0.347. The third kappa shape index (κ3) is 5.99. The third-order valence-electron chi connectivity index (χ3n) is 5.75. The van der Waals surface area contributed by atoms with Crippen LogP contribution in [0, 0.1) is 0 Å². The summed E-state index contributed by atoms with van der Waals surface area (Å²) in [6.07, 6.45) is 4.97. The largest absolute Gasteiger partial charge is 0.489 e. The molecule has 2 aromatic carbocycles. The summed E-state index contributed by atoms with van der Waals surface area (Å²) < 4.78 is 8.99. The molecule has 186 valence electrons. The number of aromatic nitrogens is 4. The van der Waals surface area contributed by atoms with Crippen molar-refractivity contribution in [2.45, 2.75) is 32.9 Å². The fourth-order valence-corrected chi connectivity index (χ4v) is 3.74. The van der Waals surface area contributed by atoms with E-state index in [1.807, 2.05) is 31.4 Å². The van der Waals surface area contributed by atoms with Gasteiger partial charge in [0.05, 0.1) is 18.1 Å². The zero-order valence-corrected chi connectivity index (χ0v) is 20.9. The Morgan fingerprint density at radius 1 is 0.972 bits per heavy atom. The van der Waals surface area contributed by atoms with Gasteiger partial charge in [0.25, 0.3) is 11.8 Å². The van der Waals surface area contributed by atoms with E-state index in [-0.39, 0.29) is 17.5 Å². The molecule has 2 amide bonds. The maximum absolute atomic E-state index is 13.0. The van der Waals surface area contributed by atoms with E-state index in [1.165, 1.54) is 16.4 Å². The van der Waals surface area contributed by atoms with Crippen molar-refractivity contribution in [1.82, 2.24) is 24.9 Å². The van der Waals surface area contributed by atoms with Crippen LogP contribution in [0.3, 0.4) is 0 Å². The molecule has 0 atom stereocenters. The van der Waals surface area contributed by atoms with E-state index < -0.39 is 0 Å². The molecule has 2 heterocycles. The lowest BCUT2D eigenvalue weighted by Crippen LogP contribution is -2.26. The van der Waals surface area contributed by atoms with Crippen LogP contribution in [0.1, 0.15) is 57.3 Å². The highest BCUT2D eigenvalue weighted by Gasteiger charge is 2.19. The second-order valence-electron chi connectivity index (χ2n) is 8.90. The molecule has 2 N–H and O–H groups in total. The molecule has 36 heavy (non-hydrogen) atoms. The molecule has 4 rings (SSSR count). The van der Waals surface area contributed by atoms with Crippen molar-refractivity contribution in [3.63, 3.8) is 0 Å². The lowest BCUT2D eigenvalue weighted by molar-refractivity contribution is 0.0942. The van der Waals surface area contributed by atoms with Crippen LogP contribution >= 0.6 is 0 Å². The zero-order valence-electron chi connectivity index (χ0n) is 20.9. The molecule has 0 saturated carbocycles. The minimum Gasteiger partial charge on any atom is -0.489 e. The number of amides is 2. The molecule has 0 bridgehead atoms. The topological polar surface area (TPSA) is 103 Å². The summed E-state index contributed by atoms with van der Waals surface area (Å²) in [5.41, 5.74) is 4.03. The first-order valence-electron chi connectivity index (χ1n) is 11.7. The van der Waals surface area contributed by atoms with Crippen LogP contribution in [0.25, 0.3) is 0 Å². The first-order valence-corrected chi connectivity index (χ1v) is 11.7. The van der Waals surface area contributed by atoms with Crippen molar-refractivity contribution in [3.05, 3.63) is 95.1 Å². The summed E-state index contributed by atoms with van der Waals surface area (Å²) in [6, 6.07) is 15.2. The molecule has 0 fully saturated rings. The summed E-state index contributed by atoms with van der Waals surface area (Å²) in [6.45, 7) is 4.94. The van der Waals surface area contributed by atoms with Crippen LogP contribution in [0.4, 0.5) is 5.69 Å². The number of benzene rings is 2. The van der Waals surface area contributed by atoms with Gasteiger partial charge in [0.15, 0.2) is 0 Å². The number of nitrogens with one attached hydrogen (secondary N) is 2. The van der Waals surface area contributed by atoms with E-state index in [1.54, 1.807) is 36.1 Å². The number of rotatable bonds is 9. The summed E-state index contributed by atoms with van der Waals surface area (Å²) in [5.74, 6) is 0.542. The maximum Gasteiger partial charge on any atom is 0.271 e. The summed E-state index contributed by atoms with van der Waals surface area (Å²) in [5, 5.41) is 13.9. The fraction of sp³-hybridized carbons (Fsp3) is 0.259. The van der Waals surface area contributed by atoms with E-state index in [0.717, 1.165) is 16.9 Å². The summed E-state index contributed by atoms with van der Waals surface area (Å²) in [4.78, 5) is 25.8. The summed E-state index contributed by atoms with van der Waals surface area (Å²) in [7, 11) is 3.46. The molecular formula is C27H30N6O3. The van der Waals surface area contributed by atoms with Crippen LogP contribution in [0.2, 0.25) is 0 Å². The highest BCUT2D eigenvalue weighted by Crippen LogP contribution is 2.20. The molecule has 0 aliphatic rings. The SMILES string of the molecule is CC(C)c1ccc(OCc2cccc(C(=O)Nc3cnn(C)c3C(=O)NCc3cnn(C)c3)c2)cc1. The van der Waals surface area contributed by atoms with Crippen molar-refractivity contribution < 1.29 is 14.3 Å². The first kappa shape index (κ1) is 24.7. The zero-order chi connectivity index (χ0) is 25.7. The van der Waals surface area contributed by atoms with E-state index in [9.17, 15) is 9.59 Å². The highest BCUT2D eigenvalue weighted by atomic mass is 16.5. The maximum atomic E-state index is 13.0. The van der Waals surface area contributed by atoms with E-state index in [4.69, 9.17) is 4.74 Å². The molecule has 0 radical (unpaired) electrons. The van der Waals surface area contributed by atoms with Gasteiger partial charge in [0.1, 0.15) is 18.1 Å². The highest BCUT2D eigenvalue weighted by molar-refractivity contribution is 6.08. The van der Waals surface area contributed by atoms with Gasteiger partial charge >= 0.3 is 0 Å². The van der Waals surface area contributed by atoms with Crippen molar-refractivity contribution in [3.8, 4) is 5.75 Å². The molecule has 0 unspecified atom stereocenters. The van der Waals surface area contributed by atoms with E-state index in [0.29, 0.717) is 30.3 Å². The molecule has 0 aliphatic carbocycles. The Labute approximate surface area is 210 Å². The van der Waals surface area contributed by atoms with Crippen LogP contribution in [0.15, 0.2) is 67.1 Å². The standard InChI is InChI=1S/C27H30N6O3/c1-18(2)21-8-10-23(11-9-21)36-17-19-6-5-7-22(12-19)26(34)31-24-15-30-33(4)25(24)27(35)28-13-20-14-29-32(3)16-20/h5-12,14-16,18H,13,17H2,1-4H3,(H,28,35)(H,31,34). The second kappa shape index (κ2) is 10.9. The predicted octanol–water partition coefficient (Wildman–Crippen LogP) is 4.04. The Bertz CT molecular complexity index is 1350. The van der Waals surface area contributed by atoms with Crippen molar-refractivity contribution in [2.24, 2.45) is 14.1 Å². The molecule has 2 aromatic heterocycles. The van der Waals surface area contributed by atoms with Gasteiger partial charge < -0.3 is 15.4 Å². The summed E-state index contributed by atoms with van der Waals surface area (Å²) >= 11 is 0. The molecule has 4 aromatic rings. The molecular weight excluding hydrogens is 456 g/mol. The number of carbonyl (C=O) groups excluding carboxylic acids is 2. The third-order valence-corrected chi connectivity index (χ3v) is 5.75. The van der Waals surface area contributed by atoms with Gasteiger partial charge in [-0.3, -0.25) is 19.0 Å². The lowest BCUT2D eigenvalue weighted by Gasteiger charge is -2.11. The Hall–Kier alpha value is -4.40. The normalized spacial score (nSPS) is 10.9. The number of nitrogens with zero attached hydrogens (tertiary/aromatic N) is 4. The average Bonchev–Trinajstić information content (AvgIpc) is 3.46. The Kier molecular flexibility index (Phi) is 7.48. The second-order valence-corrected chi connectivity index (χ2v) is 8.90. The molecule has 9 heteroatoms. The van der Waals surface area contributed by atoms with Crippen molar-refractivity contribution in [1.29, 1.82) is 0 Å². The Morgan fingerprint density at radius 3 is 2.44 bits per heavy atom. The number of ether oxygens (including phenoxy) is 1. The van der Waals surface area contributed by atoms with Crippen LogP contribution < -0.4 is 15.4 Å². The molecule has 9 nitrogen and oxygen atoms in total. The Morgan fingerprint density at radius 2 is 1.75 bits per heavy atom.